The molecule has 0 bridgehead atoms. The molecular formula is C27H33F5N4O4S. The second-order valence-corrected chi connectivity index (χ2v) is 12.9. The molecule has 226 valence electrons. The minimum Gasteiger partial charge on any atom is -0.299 e. The smallest absolute Gasteiger partial charge is 0.299 e. The Morgan fingerprint density at radius 1 is 0.976 bits per heavy atom. The van der Waals surface area contributed by atoms with E-state index in [1.165, 1.54) is 16.6 Å². The summed E-state index contributed by atoms with van der Waals surface area (Å²) in [6, 6.07) is 12.7. The van der Waals surface area contributed by atoms with E-state index in [9.17, 15) is 40.4 Å². The van der Waals surface area contributed by atoms with Gasteiger partial charge in [-0.3, -0.25) is 19.9 Å². The molecule has 1 amide bonds. The number of sulfonamides is 1. The van der Waals surface area contributed by atoms with Crippen LogP contribution in [0.1, 0.15) is 54.8 Å². The van der Waals surface area contributed by atoms with Gasteiger partial charge >= 0.3 is 12.1 Å². The lowest BCUT2D eigenvalue weighted by Crippen LogP contribution is -2.62. The summed E-state index contributed by atoms with van der Waals surface area (Å²) in [7, 11) is -4.15. The number of hydrogen-bond acceptors (Lipinski definition) is 6. The number of amides is 1. The molecule has 2 fully saturated rings. The van der Waals surface area contributed by atoms with Gasteiger partial charge in [-0.2, -0.15) is 22.0 Å². The maximum atomic E-state index is 13.8. The first kappa shape index (κ1) is 31.3. The molecule has 0 saturated carbocycles. The van der Waals surface area contributed by atoms with Gasteiger partial charge in [0.1, 0.15) is 0 Å². The molecule has 0 atom stereocenters. The summed E-state index contributed by atoms with van der Waals surface area (Å²) in [5, 5.41) is 9.45. The summed E-state index contributed by atoms with van der Waals surface area (Å²) in [4.78, 5) is 19.1. The van der Waals surface area contributed by atoms with Crippen LogP contribution in [0.4, 0.5) is 22.0 Å². The van der Waals surface area contributed by atoms with Gasteiger partial charge in [0, 0.05) is 57.0 Å². The van der Waals surface area contributed by atoms with Crippen molar-refractivity contribution in [2.75, 3.05) is 26.2 Å². The quantitative estimate of drug-likeness (QED) is 0.252. The Hall–Kier alpha value is -2.68. The fourth-order valence-corrected chi connectivity index (χ4v) is 7.69. The van der Waals surface area contributed by atoms with Gasteiger partial charge in [0.25, 0.3) is 5.91 Å². The van der Waals surface area contributed by atoms with Crippen LogP contribution >= 0.6 is 0 Å². The number of aryl methyl sites for hydroxylation is 1. The van der Waals surface area contributed by atoms with Crippen molar-refractivity contribution in [2.24, 2.45) is 0 Å². The Morgan fingerprint density at radius 3 is 2.15 bits per heavy atom. The topological polar surface area (TPSA) is 103 Å². The van der Waals surface area contributed by atoms with Crippen LogP contribution in [-0.2, 0) is 27.8 Å². The van der Waals surface area contributed by atoms with Gasteiger partial charge in [0.2, 0.25) is 10.0 Å². The Labute approximate surface area is 235 Å². The van der Waals surface area contributed by atoms with E-state index in [-0.39, 0.29) is 37.4 Å². The van der Waals surface area contributed by atoms with E-state index in [2.05, 4.69) is 9.88 Å². The maximum absolute atomic E-state index is 13.8. The van der Waals surface area contributed by atoms with E-state index in [1.54, 1.807) is 11.5 Å². The van der Waals surface area contributed by atoms with Gasteiger partial charge < -0.3 is 0 Å². The lowest BCUT2D eigenvalue weighted by molar-refractivity contribution is -0.284. The number of hydroxylamine groups is 1. The minimum atomic E-state index is -5.61. The first-order chi connectivity index (χ1) is 19.3. The summed E-state index contributed by atoms with van der Waals surface area (Å²) in [6.45, 7) is 1.54. The molecule has 0 aliphatic carbocycles. The van der Waals surface area contributed by atoms with Crippen LogP contribution in [0.5, 0.6) is 0 Å². The first-order valence-electron chi connectivity index (χ1n) is 13.4. The van der Waals surface area contributed by atoms with Crippen LogP contribution in [0, 0.1) is 0 Å². The number of rotatable bonds is 9. The average molecular weight is 605 g/mol. The van der Waals surface area contributed by atoms with Gasteiger partial charge in [-0.25, -0.2) is 18.2 Å². The fraction of sp³-hybridized carbons (Fsp3) is 0.556. The number of piperidine rings is 2. The molecule has 2 aromatic rings. The third kappa shape index (κ3) is 6.71. The van der Waals surface area contributed by atoms with Crippen molar-refractivity contribution >= 4 is 15.9 Å². The summed E-state index contributed by atoms with van der Waals surface area (Å²) in [5.41, 5.74) is 3.47. The van der Waals surface area contributed by atoms with Gasteiger partial charge in [-0.15, -0.1) is 0 Å². The Kier molecular flexibility index (Phi) is 9.36. The monoisotopic (exact) mass is 604 g/mol. The lowest BCUT2D eigenvalue weighted by Gasteiger charge is -2.43. The third-order valence-corrected chi connectivity index (χ3v) is 10.8. The summed E-state index contributed by atoms with van der Waals surface area (Å²) < 4.78 is 90.8. The van der Waals surface area contributed by atoms with E-state index in [0.717, 1.165) is 5.56 Å². The van der Waals surface area contributed by atoms with E-state index in [4.69, 9.17) is 0 Å². The van der Waals surface area contributed by atoms with Crippen LogP contribution in [0.15, 0.2) is 48.7 Å². The predicted octanol–water partition coefficient (Wildman–Crippen LogP) is 4.26. The molecule has 4 rings (SSSR count). The van der Waals surface area contributed by atoms with Crippen LogP contribution in [0.25, 0.3) is 0 Å². The van der Waals surface area contributed by atoms with Crippen LogP contribution < -0.4 is 5.48 Å². The van der Waals surface area contributed by atoms with Crippen molar-refractivity contribution in [3.8, 4) is 0 Å². The maximum Gasteiger partial charge on any atom is 0.453 e. The number of carbonyl (C=O) groups is 1. The molecule has 1 aromatic carbocycles. The standard InChI is InChI=1S/C27H33F5N4O4S/c28-26(29,27(30,31)32)11-8-20-6-7-23(33-18-20)22-9-14-36(15-10-22)41(39,40)25(24(37)34-38)12-16-35(17-13-25)19-21-4-2-1-3-5-21/h1-7,18,22,38H,8-17,19H2,(H,34,37). The molecule has 2 saturated heterocycles. The molecule has 1 aromatic heterocycles. The molecule has 8 nitrogen and oxygen atoms in total. The summed E-state index contributed by atoms with van der Waals surface area (Å²) in [6.07, 6.45) is -5.40. The van der Waals surface area contributed by atoms with Crippen LogP contribution in [0.2, 0.25) is 0 Å². The molecule has 3 heterocycles. The number of likely N-dealkylation sites (tertiary alicyclic amines) is 1. The molecular weight excluding hydrogens is 571 g/mol. The first-order valence-corrected chi connectivity index (χ1v) is 14.8. The molecule has 2 N–H and O–H groups in total. The predicted molar refractivity (Wildman–Crippen MR) is 140 cm³/mol. The van der Waals surface area contributed by atoms with Gasteiger partial charge in [-0.1, -0.05) is 36.4 Å². The Morgan fingerprint density at radius 2 is 1.61 bits per heavy atom. The number of benzene rings is 1. The third-order valence-electron chi connectivity index (χ3n) is 8.12. The highest BCUT2D eigenvalue weighted by Crippen LogP contribution is 2.39. The lowest BCUT2D eigenvalue weighted by atomic mass is 9.93. The number of hydrogen-bond donors (Lipinski definition) is 2. The largest absolute Gasteiger partial charge is 0.453 e. The van der Waals surface area contributed by atoms with Crippen molar-refractivity contribution < 1.29 is 40.4 Å². The number of alkyl halides is 5. The molecule has 2 aliphatic rings. The van der Waals surface area contributed by atoms with E-state index in [0.29, 0.717) is 38.2 Å². The zero-order valence-electron chi connectivity index (χ0n) is 22.3. The van der Waals surface area contributed by atoms with Crippen molar-refractivity contribution in [3.63, 3.8) is 0 Å². The van der Waals surface area contributed by atoms with Crippen molar-refractivity contribution in [2.45, 2.75) is 67.8 Å². The van der Waals surface area contributed by atoms with E-state index < -0.39 is 45.6 Å². The highest BCUT2D eigenvalue weighted by Gasteiger charge is 2.57. The molecule has 0 spiro atoms. The second kappa shape index (κ2) is 12.3. The highest BCUT2D eigenvalue weighted by atomic mass is 32.2. The summed E-state index contributed by atoms with van der Waals surface area (Å²) >= 11 is 0. The molecule has 2 aliphatic heterocycles. The second-order valence-electron chi connectivity index (χ2n) is 10.7. The number of aromatic nitrogens is 1. The number of pyridine rings is 1. The number of nitrogens with zero attached hydrogens (tertiary/aromatic N) is 3. The van der Waals surface area contributed by atoms with Crippen molar-refractivity contribution in [1.82, 2.24) is 19.7 Å². The minimum absolute atomic E-state index is 0.0187. The van der Waals surface area contributed by atoms with Gasteiger partial charge in [0.15, 0.2) is 4.75 Å². The van der Waals surface area contributed by atoms with E-state index >= 15 is 0 Å². The van der Waals surface area contributed by atoms with Gasteiger partial charge in [0.05, 0.1) is 0 Å². The SMILES string of the molecule is O=C(NO)C1(S(=O)(=O)N2CCC(c3ccc(CCC(F)(F)C(F)(F)F)cn3)CC2)CCN(Cc2ccccc2)CC1. The normalized spacial score (nSPS) is 19.7. The number of halogens is 5. The highest BCUT2D eigenvalue weighted by molar-refractivity contribution is 7.91. The van der Waals surface area contributed by atoms with Crippen molar-refractivity contribution in [3.05, 3.63) is 65.5 Å². The zero-order valence-corrected chi connectivity index (χ0v) is 23.1. The molecule has 41 heavy (non-hydrogen) atoms. The summed E-state index contributed by atoms with van der Waals surface area (Å²) in [5.74, 6) is -5.89. The fourth-order valence-electron chi connectivity index (χ4n) is 5.53. The molecule has 0 unspecified atom stereocenters. The zero-order chi connectivity index (χ0) is 29.9. The van der Waals surface area contributed by atoms with Crippen LogP contribution in [-0.4, -0.2) is 76.7 Å². The number of carbonyl (C=O) groups excluding carboxylic acids is 1. The average Bonchev–Trinajstić information content (AvgIpc) is 2.96. The number of nitrogens with one attached hydrogen (secondary N) is 1. The van der Waals surface area contributed by atoms with Crippen molar-refractivity contribution in [1.29, 1.82) is 0 Å². The van der Waals surface area contributed by atoms with Crippen LogP contribution in [0.3, 0.4) is 0 Å². The Balaban J connectivity index is 1.37. The van der Waals surface area contributed by atoms with Gasteiger partial charge in [-0.05, 0) is 49.3 Å². The Bertz CT molecular complexity index is 1280. The molecule has 0 radical (unpaired) electrons. The van der Waals surface area contributed by atoms with E-state index in [1.807, 2.05) is 30.3 Å². The molecule has 14 heteroatoms.